The number of para-hydroxylation sites is 1. The van der Waals surface area contributed by atoms with Crippen LogP contribution < -0.4 is 0 Å². The zero-order valence-corrected chi connectivity index (χ0v) is 16.3. The molecule has 4 heterocycles. The van der Waals surface area contributed by atoms with Crippen LogP contribution in [-0.2, 0) is 0 Å². The van der Waals surface area contributed by atoms with Crippen molar-refractivity contribution < 1.29 is 13.1 Å². The Kier molecular flexibility index (Phi) is 3.36. The second-order valence-corrected chi connectivity index (χ2v) is 7.71. The van der Waals surface area contributed by atoms with E-state index >= 15 is 8.63 Å². The molecule has 0 amide bonds. The third-order valence-electron chi connectivity index (χ3n) is 5.85. The molecular formula is C22H20BF2N3. The summed E-state index contributed by atoms with van der Waals surface area (Å²) in [4.78, 5) is 4.46. The van der Waals surface area contributed by atoms with Gasteiger partial charge in [-0.25, -0.2) is 0 Å². The SMILES string of the molecule is CC1=CC(C)=[N+]2C1=C(c1ccnc3ccccc13)c1c(C)cc(C)n1[B-]2(F)F. The lowest BCUT2D eigenvalue weighted by atomic mass is 9.83. The van der Waals surface area contributed by atoms with Crippen molar-refractivity contribution in [1.29, 1.82) is 0 Å². The molecule has 0 saturated heterocycles. The lowest BCUT2D eigenvalue weighted by Crippen LogP contribution is -2.51. The summed E-state index contributed by atoms with van der Waals surface area (Å²) in [6.45, 7) is 3.38. The van der Waals surface area contributed by atoms with E-state index in [2.05, 4.69) is 4.98 Å². The Bertz CT molecular complexity index is 1270. The van der Waals surface area contributed by atoms with Gasteiger partial charge in [0.05, 0.1) is 11.1 Å². The smallest absolute Gasteiger partial charge is 0.393 e. The van der Waals surface area contributed by atoms with Crippen molar-refractivity contribution in [2.24, 2.45) is 0 Å². The summed E-state index contributed by atoms with van der Waals surface area (Å²) in [5.41, 5.74) is 6.72. The number of hydrogen-bond acceptors (Lipinski definition) is 1. The third kappa shape index (κ3) is 2.03. The van der Waals surface area contributed by atoms with Gasteiger partial charge < -0.3 is 17.6 Å². The second-order valence-electron chi connectivity index (χ2n) is 7.71. The van der Waals surface area contributed by atoms with Crippen LogP contribution in [0, 0.1) is 13.8 Å². The maximum atomic E-state index is 15.7. The van der Waals surface area contributed by atoms with Crippen LogP contribution in [0.4, 0.5) is 8.63 Å². The lowest BCUT2D eigenvalue weighted by Gasteiger charge is -2.34. The van der Waals surface area contributed by atoms with Crippen molar-refractivity contribution in [3.8, 4) is 0 Å². The van der Waals surface area contributed by atoms with E-state index in [-0.39, 0.29) is 0 Å². The first-order chi connectivity index (χ1) is 13.3. The molecule has 28 heavy (non-hydrogen) atoms. The standard InChI is InChI=1S/C22H20BF2N3/c1-13-11-15(3)27-21(13)20(18-9-10-26-19-8-6-5-7-17(18)19)22-14(2)12-16(4)28(22)23(27,24)25/h5-12H,1-4H3. The summed E-state index contributed by atoms with van der Waals surface area (Å²) >= 11 is 0. The molecule has 0 bridgehead atoms. The molecule has 2 aromatic heterocycles. The number of benzene rings is 1. The molecule has 0 saturated carbocycles. The number of pyridine rings is 1. The number of aryl methyl sites for hydroxylation is 2. The van der Waals surface area contributed by atoms with E-state index in [0.29, 0.717) is 22.8 Å². The number of halogens is 2. The first-order valence-corrected chi connectivity index (χ1v) is 9.43. The van der Waals surface area contributed by atoms with Gasteiger partial charge in [0.1, 0.15) is 5.71 Å². The van der Waals surface area contributed by atoms with Gasteiger partial charge in [0.2, 0.25) is 0 Å². The van der Waals surface area contributed by atoms with Crippen molar-refractivity contribution in [1.82, 2.24) is 9.46 Å². The molecule has 6 heteroatoms. The van der Waals surface area contributed by atoms with Crippen LogP contribution in [0.1, 0.15) is 36.4 Å². The predicted molar refractivity (Wildman–Crippen MR) is 110 cm³/mol. The molecule has 1 aromatic carbocycles. The molecule has 2 aliphatic rings. The third-order valence-corrected chi connectivity index (χ3v) is 5.85. The Labute approximate surface area is 162 Å². The van der Waals surface area contributed by atoms with Crippen LogP contribution in [0.25, 0.3) is 16.5 Å². The van der Waals surface area contributed by atoms with Crippen LogP contribution in [0.15, 0.2) is 59.9 Å². The molecule has 0 atom stereocenters. The number of rotatable bonds is 1. The molecule has 0 aliphatic carbocycles. The highest BCUT2D eigenvalue weighted by Crippen LogP contribution is 2.45. The van der Waals surface area contributed by atoms with Crippen LogP contribution in [0.2, 0.25) is 0 Å². The van der Waals surface area contributed by atoms with Gasteiger partial charge in [-0.15, -0.1) is 0 Å². The van der Waals surface area contributed by atoms with Gasteiger partial charge >= 0.3 is 6.97 Å². The number of nitrogens with zero attached hydrogens (tertiary/aromatic N) is 3. The minimum absolute atomic E-state index is 0.574. The normalized spacial score (nSPS) is 17.9. The van der Waals surface area contributed by atoms with Gasteiger partial charge in [-0.3, -0.25) is 4.98 Å². The van der Waals surface area contributed by atoms with Crippen molar-refractivity contribution in [2.75, 3.05) is 0 Å². The van der Waals surface area contributed by atoms with Crippen LogP contribution >= 0.6 is 0 Å². The quantitative estimate of drug-likeness (QED) is 0.544. The highest BCUT2D eigenvalue weighted by atomic mass is 19.2. The highest BCUT2D eigenvalue weighted by Gasteiger charge is 2.55. The minimum Gasteiger partial charge on any atom is -0.393 e. The van der Waals surface area contributed by atoms with Crippen molar-refractivity contribution in [3.05, 3.63) is 82.5 Å². The van der Waals surface area contributed by atoms with Gasteiger partial charge in [-0.2, -0.15) is 0 Å². The molecule has 0 spiro atoms. The molecule has 0 N–H and O–H groups in total. The molecule has 2 aliphatic heterocycles. The minimum atomic E-state index is -3.95. The van der Waals surface area contributed by atoms with E-state index in [1.165, 1.54) is 8.96 Å². The zero-order valence-electron chi connectivity index (χ0n) is 16.3. The van der Waals surface area contributed by atoms with E-state index < -0.39 is 6.97 Å². The number of hydrogen-bond donors (Lipinski definition) is 0. The van der Waals surface area contributed by atoms with Gasteiger partial charge in [0, 0.05) is 41.4 Å². The average Bonchev–Trinajstić information content (AvgIpc) is 3.12. The Morgan fingerprint density at radius 1 is 1.04 bits per heavy atom. The molecule has 0 unspecified atom stereocenters. The Hall–Kier alpha value is -3.02. The monoisotopic (exact) mass is 375 g/mol. The van der Waals surface area contributed by atoms with Gasteiger partial charge in [-0.05, 0) is 50.2 Å². The maximum Gasteiger partial charge on any atom is 0.737 e. The van der Waals surface area contributed by atoms with Gasteiger partial charge in [-0.1, -0.05) is 18.2 Å². The summed E-state index contributed by atoms with van der Waals surface area (Å²) in [6, 6.07) is 11.7. The fraction of sp³-hybridized carbons (Fsp3) is 0.182. The van der Waals surface area contributed by atoms with Gasteiger partial charge in [0.15, 0.2) is 5.70 Å². The van der Waals surface area contributed by atoms with Gasteiger partial charge in [0.25, 0.3) is 0 Å². The Morgan fingerprint density at radius 2 is 1.79 bits per heavy atom. The average molecular weight is 375 g/mol. The number of allylic oxidation sites excluding steroid dienone is 2. The molecule has 140 valence electrons. The highest BCUT2D eigenvalue weighted by molar-refractivity contribution is 6.58. The largest absolute Gasteiger partial charge is 0.737 e. The number of aromatic nitrogens is 2. The molecule has 0 radical (unpaired) electrons. The van der Waals surface area contributed by atoms with E-state index in [1.54, 1.807) is 20.0 Å². The first kappa shape index (κ1) is 17.1. The van der Waals surface area contributed by atoms with Crippen molar-refractivity contribution in [3.63, 3.8) is 0 Å². The number of fused-ring (bicyclic) bond motifs is 3. The molecule has 0 fully saturated rings. The summed E-state index contributed by atoms with van der Waals surface area (Å²) in [7, 11) is 0. The molecule has 3 aromatic rings. The van der Waals surface area contributed by atoms with E-state index in [4.69, 9.17) is 0 Å². The molecule has 5 rings (SSSR count). The summed E-state index contributed by atoms with van der Waals surface area (Å²) in [6.07, 6.45) is 3.61. The van der Waals surface area contributed by atoms with Crippen LogP contribution in [0.3, 0.4) is 0 Å². The topological polar surface area (TPSA) is 20.8 Å². The Morgan fingerprint density at radius 3 is 2.57 bits per heavy atom. The summed E-state index contributed by atoms with van der Waals surface area (Å²) in [5.74, 6) is 0. The predicted octanol–water partition coefficient (Wildman–Crippen LogP) is 5.08. The maximum absolute atomic E-state index is 15.7. The fourth-order valence-electron chi connectivity index (χ4n) is 4.87. The second kappa shape index (κ2) is 5.50. The summed E-state index contributed by atoms with van der Waals surface area (Å²) in [5, 5.41) is 0.965. The van der Waals surface area contributed by atoms with Crippen LogP contribution in [-0.4, -0.2) is 26.6 Å². The molecular weight excluding hydrogens is 355 g/mol. The van der Waals surface area contributed by atoms with Crippen LogP contribution in [0.5, 0.6) is 0 Å². The zero-order chi connectivity index (χ0) is 19.8. The first-order valence-electron chi connectivity index (χ1n) is 9.43. The Balaban J connectivity index is 2.00. The van der Waals surface area contributed by atoms with Crippen molar-refractivity contribution >= 4 is 29.2 Å². The van der Waals surface area contributed by atoms with E-state index in [9.17, 15) is 0 Å². The van der Waals surface area contributed by atoms with Crippen molar-refractivity contribution in [2.45, 2.75) is 27.7 Å². The fourth-order valence-corrected chi connectivity index (χ4v) is 4.87. The summed E-state index contributed by atoms with van der Waals surface area (Å²) < 4.78 is 33.9. The lowest BCUT2D eigenvalue weighted by molar-refractivity contribution is -0.363. The van der Waals surface area contributed by atoms with E-state index in [1.807, 2.05) is 56.3 Å². The van der Waals surface area contributed by atoms with E-state index in [0.717, 1.165) is 33.2 Å². The molecule has 3 nitrogen and oxygen atoms in total.